The summed E-state index contributed by atoms with van der Waals surface area (Å²) in [5.74, 6) is 0.644. The number of amides is 1. The summed E-state index contributed by atoms with van der Waals surface area (Å²) in [7, 11) is -2.92. The number of hydrogen-bond acceptors (Lipinski definition) is 6. The number of nitrogens with two attached hydrogens (primary N) is 1. The van der Waals surface area contributed by atoms with Crippen LogP contribution < -0.4 is 16.4 Å². The van der Waals surface area contributed by atoms with Crippen molar-refractivity contribution < 1.29 is 18.8 Å². The van der Waals surface area contributed by atoms with E-state index in [1.165, 1.54) is 0 Å². The molecule has 0 aliphatic rings. The highest BCUT2D eigenvalue weighted by Crippen LogP contribution is 2.19. The van der Waals surface area contributed by atoms with Crippen molar-refractivity contribution in [3.63, 3.8) is 0 Å². The second-order valence-electron chi connectivity index (χ2n) is 6.44. The number of halogens is 1. The third-order valence-electron chi connectivity index (χ3n) is 4.10. The fourth-order valence-corrected chi connectivity index (χ4v) is 3.81. The minimum absolute atomic E-state index is 0.0827. The highest BCUT2D eigenvalue weighted by molar-refractivity contribution is 9.11. The standard InChI is InChI=1S/C20H30BrN5O4S/c1-6-17(21)18(23-13(4)14(5)27)25-19(22)24-15-9-11-16(12-10-15)31(29,8-3)26-20(28)30-7-2/h6,9-14,23,27H,1,7-8H2,2-5H3,(H3,22,24,25)/b18-17+/t13-,14-,31?/m1/s1. The summed E-state index contributed by atoms with van der Waals surface area (Å²) in [4.78, 5) is 16.4. The lowest BCUT2D eigenvalue weighted by Crippen LogP contribution is -2.36. The molecular weight excluding hydrogens is 486 g/mol. The number of anilines is 1. The number of aliphatic imine (C=N–C) groups is 1. The number of aliphatic hydroxyl groups excluding tert-OH is 1. The van der Waals surface area contributed by atoms with Crippen molar-refractivity contribution in [2.75, 3.05) is 17.7 Å². The maximum absolute atomic E-state index is 13.0. The van der Waals surface area contributed by atoms with Crippen LogP contribution in [-0.2, 0) is 14.5 Å². The van der Waals surface area contributed by atoms with Gasteiger partial charge in [-0.25, -0.2) is 9.00 Å². The Kier molecular flexibility index (Phi) is 10.7. The Morgan fingerprint density at radius 3 is 2.45 bits per heavy atom. The van der Waals surface area contributed by atoms with Crippen LogP contribution in [0, 0.1) is 0 Å². The van der Waals surface area contributed by atoms with Gasteiger partial charge in [0.2, 0.25) is 0 Å². The summed E-state index contributed by atoms with van der Waals surface area (Å²) >= 11 is 3.35. The summed E-state index contributed by atoms with van der Waals surface area (Å²) in [6.07, 6.45) is 0.0984. The van der Waals surface area contributed by atoms with Crippen LogP contribution in [0.5, 0.6) is 0 Å². The topological polar surface area (TPSA) is 138 Å². The highest BCUT2D eigenvalue weighted by Gasteiger charge is 2.15. The number of ether oxygens (including phenoxy) is 1. The Balaban J connectivity index is 3.09. The molecule has 0 bridgehead atoms. The van der Waals surface area contributed by atoms with E-state index in [1.807, 2.05) is 0 Å². The van der Waals surface area contributed by atoms with E-state index in [9.17, 15) is 14.1 Å². The zero-order valence-electron chi connectivity index (χ0n) is 18.1. The number of allylic oxidation sites excluding steroid dienone is 2. The van der Waals surface area contributed by atoms with Crippen molar-refractivity contribution >= 4 is 43.4 Å². The van der Waals surface area contributed by atoms with Crippen LogP contribution in [0.4, 0.5) is 10.5 Å². The molecule has 1 rings (SSSR count). The van der Waals surface area contributed by atoms with E-state index in [2.05, 4.69) is 42.5 Å². The second-order valence-corrected chi connectivity index (χ2v) is 9.81. The van der Waals surface area contributed by atoms with Gasteiger partial charge in [-0.15, -0.1) is 4.36 Å². The van der Waals surface area contributed by atoms with Crippen LogP contribution in [0.25, 0.3) is 0 Å². The first-order valence-corrected chi connectivity index (χ1v) is 12.1. The molecule has 1 amide bonds. The lowest BCUT2D eigenvalue weighted by molar-refractivity contribution is 0.157. The number of carbonyl (C=O) groups is 1. The third-order valence-corrected chi connectivity index (χ3v) is 7.04. The van der Waals surface area contributed by atoms with E-state index in [0.717, 1.165) is 0 Å². The molecule has 0 saturated heterocycles. The summed E-state index contributed by atoms with van der Waals surface area (Å²) < 4.78 is 22.1. The predicted octanol–water partition coefficient (Wildman–Crippen LogP) is 3.53. The van der Waals surface area contributed by atoms with Gasteiger partial charge in [-0.3, -0.25) is 0 Å². The van der Waals surface area contributed by atoms with E-state index in [-0.39, 0.29) is 24.4 Å². The first-order valence-electron chi connectivity index (χ1n) is 9.65. The van der Waals surface area contributed by atoms with Gasteiger partial charge in [-0.05, 0) is 61.0 Å². The molecule has 0 spiro atoms. The Hall–Kier alpha value is -2.37. The molecule has 1 unspecified atom stereocenters. The van der Waals surface area contributed by atoms with Gasteiger partial charge in [-0.1, -0.05) is 19.6 Å². The van der Waals surface area contributed by atoms with Crippen LogP contribution in [0.2, 0.25) is 0 Å². The van der Waals surface area contributed by atoms with Gasteiger partial charge < -0.3 is 26.2 Å². The number of carbonyl (C=O) groups excluding carboxylic acids is 1. The minimum atomic E-state index is -2.92. The number of nitrogens with one attached hydrogen (secondary N) is 2. The van der Waals surface area contributed by atoms with Crippen molar-refractivity contribution in [3.05, 3.63) is 47.2 Å². The first-order chi connectivity index (χ1) is 14.6. The fourth-order valence-electron chi connectivity index (χ4n) is 2.19. The molecule has 1 aromatic rings. The number of hydrogen-bond donors (Lipinski definition) is 4. The summed E-state index contributed by atoms with van der Waals surface area (Å²) in [5, 5.41) is 15.7. The molecule has 5 N–H and O–H groups in total. The molecule has 172 valence electrons. The molecule has 1 aromatic carbocycles. The van der Waals surface area contributed by atoms with E-state index in [1.54, 1.807) is 58.0 Å². The Labute approximate surface area is 192 Å². The fraction of sp³-hybridized carbons (Fsp3) is 0.400. The molecule has 31 heavy (non-hydrogen) atoms. The number of nitrogens with zero attached hydrogens (tertiary/aromatic N) is 2. The quantitative estimate of drug-likeness (QED) is 0.224. The largest absolute Gasteiger partial charge is 0.448 e. The predicted molar refractivity (Wildman–Crippen MR) is 129 cm³/mol. The van der Waals surface area contributed by atoms with E-state index in [0.29, 0.717) is 20.9 Å². The van der Waals surface area contributed by atoms with Gasteiger partial charge in [0, 0.05) is 16.3 Å². The SMILES string of the molecule is C=C/C(Br)=C(\N=C(/N)Nc1ccc(S(=O)(CC)=NC(=O)OCC)cc1)N[C@H](C)[C@@H](C)O. The molecule has 3 atom stereocenters. The van der Waals surface area contributed by atoms with Crippen molar-refractivity contribution in [3.8, 4) is 0 Å². The molecule has 0 saturated carbocycles. The van der Waals surface area contributed by atoms with E-state index in [4.69, 9.17) is 10.5 Å². The second kappa shape index (κ2) is 12.5. The average Bonchev–Trinajstić information content (AvgIpc) is 2.72. The molecular formula is C20H30BrN5O4S. The Morgan fingerprint density at radius 2 is 1.97 bits per heavy atom. The zero-order chi connectivity index (χ0) is 23.6. The Bertz CT molecular complexity index is 951. The molecule has 0 aliphatic heterocycles. The van der Waals surface area contributed by atoms with Crippen LogP contribution >= 0.6 is 15.9 Å². The van der Waals surface area contributed by atoms with Gasteiger partial charge in [0.1, 0.15) is 5.82 Å². The number of guanidine groups is 1. The van der Waals surface area contributed by atoms with Gasteiger partial charge in [0.15, 0.2) is 5.96 Å². The monoisotopic (exact) mass is 515 g/mol. The van der Waals surface area contributed by atoms with E-state index >= 15 is 0 Å². The van der Waals surface area contributed by atoms with E-state index < -0.39 is 21.9 Å². The summed E-state index contributed by atoms with van der Waals surface area (Å²) in [6.45, 7) is 10.7. The molecule has 0 heterocycles. The lowest BCUT2D eigenvalue weighted by atomic mass is 10.2. The lowest BCUT2D eigenvalue weighted by Gasteiger charge is -2.19. The molecule has 9 nitrogen and oxygen atoms in total. The molecule has 0 fully saturated rings. The molecule has 0 radical (unpaired) electrons. The Morgan fingerprint density at radius 1 is 1.35 bits per heavy atom. The van der Waals surface area contributed by atoms with Gasteiger partial charge in [0.25, 0.3) is 0 Å². The maximum atomic E-state index is 13.0. The maximum Gasteiger partial charge on any atom is 0.442 e. The summed E-state index contributed by atoms with van der Waals surface area (Å²) in [6, 6.07) is 6.25. The minimum Gasteiger partial charge on any atom is -0.448 e. The first kappa shape index (κ1) is 26.7. The van der Waals surface area contributed by atoms with Crippen molar-refractivity contribution in [1.29, 1.82) is 0 Å². The highest BCUT2D eigenvalue weighted by atomic mass is 79.9. The zero-order valence-corrected chi connectivity index (χ0v) is 20.5. The van der Waals surface area contributed by atoms with Gasteiger partial charge >= 0.3 is 6.09 Å². The van der Waals surface area contributed by atoms with Crippen LogP contribution in [-0.4, -0.2) is 45.9 Å². The summed E-state index contributed by atoms with van der Waals surface area (Å²) in [5.41, 5.74) is 6.61. The van der Waals surface area contributed by atoms with Gasteiger partial charge in [0.05, 0.1) is 33.0 Å². The third kappa shape index (κ3) is 8.35. The molecule has 0 aliphatic carbocycles. The number of benzene rings is 1. The molecule has 11 heteroatoms. The van der Waals surface area contributed by atoms with Gasteiger partial charge in [-0.2, -0.15) is 4.99 Å². The van der Waals surface area contributed by atoms with Crippen molar-refractivity contribution in [2.24, 2.45) is 15.1 Å². The smallest absolute Gasteiger partial charge is 0.442 e. The van der Waals surface area contributed by atoms with Crippen LogP contribution in [0.1, 0.15) is 27.7 Å². The van der Waals surface area contributed by atoms with Crippen LogP contribution in [0.3, 0.4) is 0 Å². The average molecular weight is 516 g/mol. The number of rotatable bonds is 9. The van der Waals surface area contributed by atoms with Crippen LogP contribution in [0.15, 0.2) is 61.5 Å². The number of aliphatic hydroxyl groups is 1. The van der Waals surface area contributed by atoms with Crippen molar-refractivity contribution in [2.45, 2.75) is 44.7 Å². The van der Waals surface area contributed by atoms with Crippen molar-refractivity contribution in [1.82, 2.24) is 5.32 Å². The molecule has 0 aromatic heterocycles. The normalized spacial score (nSPS) is 16.3.